The Morgan fingerprint density at radius 3 is 2.76 bits per heavy atom. The van der Waals surface area contributed by atoms with Gasteiger partial charge in [-0.1, -0.05) is 12.1 Å². The van der Waals surface area contributed by atoms with E-state index in [1.165, 1.54) is 0 Å². The van der Waals surface area contributed by atoms with Crippen molar-refractivity contribution < 1.29 is 8.78 Å². The molecule has 1 aromatic carbocycles. The van der Waals surface area contributed by atoms with Crippen LogP contribution in [0.5, 0.6) is 0 Å². The lowest BCUT2D eigenvalue weighted by molar-refractivity contribution is 0.487. The minimum absolute atomic E-state index is 0.0134. The van der Waals surface area contributed by atoms with Crippen LogP contribution in [0.2, 0.25) is 0 Å². The van der Waals surface area contributed by atoms with Crippen LogP contribution in [0.1, 0.15) is 30.9 Å². The molecule has 0 aliphatic carbocycles. The summed E-state index contributed by atoms with van der Waals surface area (Å²) in [4.78, 5) is 0. The average Bonchev–Trinajstić information content (AvgIpc) is 2.33. The van der Waals surface area contributed by atoms with Crippen LogP contribution in [0.4, 0.5) is 8.78 Å². The summed E-state index contributed by atoms with van der Waals surface area (Å²) >= 11 is 3.11. The molecule has 1 rings (SSSR count). The zero-order chi connectivity index (χ0) is 12.8. The largest absolute Gasteiger partial charge is 0.313 e. The summed E-state index contributed by atoms with van der Waals surface area (Å²) in [5.74, 6) is -1.66. The predicted octanol–water partition coefficient (Wildman–Crippen LogP) is 4.34. The topological polar surface area (TPSA) is 12.0 Å². The van der Waals surface area contributed by atoms with Gasteiger partial charge in [0.1, 0.15) is 0 Å². The first-order chi connectivity index (χ1) is 8.11. The van der Waals surface area contributed by atoms with Gasteiger partial charge in [-0.2, -0.15) is 0 Å². The monoisotopic (exact) mass is 303 g/mol. The lowest BCUT2D eigenvalue weighted by Crippen LogP contribution is -2.17. The molecule has 0 bridgehead atoms. The number of nitrogens with one attached hydrogen (secondary N) is 1. The van der Waals surface area contributed by atoms with Gasteiger partial charge in [-0.3, -0.25) is 0 Å². The summed E-state index contributed by atoms with van der Waals surface area (Å²) in [6.07, 6.45) is 4.58. The van der Waals surface area contributed by atoms with Crippen molar-refractivity contribution >= 4 is 15.9 Å². The lowest BCUT2D eigenvalue weighted by atomic mass is 10.0. The zero-order valence-corrected chi connectivity index (χ0v) is 11.4. The number of benzene rings is 1. The second-order valence-corrected chi connectivity index (χ2v) is 4.62. The molecule has 0 aliphatic rings. The van der Waals surface area contributed by atoms with Gasteiger partial charge < -0.3 is 5.32 Å². The van der Waals surface area contributed by atoms with E-state index in [0.717, 1.165) is 30.9 Å². The highest BCUT2D eigenvalue weighted by atomic mass is 79.9. The number of hydrogen-bond donors (Lipinski definition) is 1. The van der Waals surface area contributed by atoms with Gasteiger partial charge in [-0.15, -0.1) is 6.58 Å². The Bertz CT molecular complexity index is 393. The Morgan fingerprint density at radius 1 is 1.47 bits per heavy atom. The quantitative estimate of drug-likeness (QED) is 0.468. The van der Waals surface area contributed by atoms with E-state index in [2.05, 4.69) is 27.8 Å². The van der Waals surface area contributed by atoms with Crippen molar-refractivity contribution in [2.45, 2.75) is 25.3 Å². The Balaban J connectivity index is 2.88. The summed E-state index contributed by atoms with van der Waals surface area (Å²) in [6.45, 7) is 3.66. The summed E-state index contributed by atoms with van der Waals surface area (Å²) in [5, 5.41) is 3.11. The fourth-order valence-electron chi connectivity index (χ4n) is 1.73. The molecule has 94 valence electrons. The fraction of sp³-hybridized carbons (Fsp3) is 0.385. The highest BCUT2D eigenvalue weighted by Gasteiger charge is 2.17. The van der Waals surface area contributed by atoms with Gasteiger partial charge in [-0.25, -0.2) is 8.78 Å². The molecule has 0 spiro atoms. The highest BCUT2D eigenvalue weighted by molar-refractivity contribution is 9.10. The van der Waals surface area contributed by atoms with Crippen LogP contribution >= 0.6 is 15.9 Å². The van der Waals surface area contributed by atoms with Gasteiger partial charge in [-0.05, 0) is 53.9 Å². The van der Waals surface area contributed by atoms with Crippen molar-refractivity contribution in [1.82, 2.24) is 5.32 Å². The molecule has 0 aliphatic heterocycles. The second-order valence-electron chi connectivity index (χ2n) is 3.83. The van der Waals surface area contributed by atoms with Gasteiger partial charge in [0, 0.05) is 6.04 Å². The highest BCUT2D eigenvalue weighted by Crippen LogP contribution is 2.30. The first-order valence-electron chi connectivity index (χ1n) is 5.53. The Hall–Kier alpha value is -0.740. The number of allylic oxidation sites excluding steroid dienone is 1. The number of unbranched alkanes of at least 4 members (excludes halogenated alkanes) is 1. The Labute approximate surface area is 109 Å². The molecule has 1 atom stereocenters. The minimum Gasteiger partial charge on any atom is -0.313 e. The van der Waals surface area contributed by atoms with Crippen molar-refractivity contribution in [3.05, 3.63) is 46.5 Å². The molecule has 0 amide bonds. The first kappa shape index (κ1) is 14.3. The van der Waals surface area contributed by atoms with E-state index in [1.807, 2.05) is 13.1 Å². The Kier molecular flexibility index (Phi) is 5.78. The van der Waals surface area contributed by atoms with Crippen molar-refractivity contribution in [1.29, 1.82) is 0 Å². The molecule has 4 heteroatoms. The van der Waals surface area contributed by atoms with E-state index >= 15 is 0 Å². The zero-order valence-electron chi connectivity index (χ0n) is 9.77. The van der Waals surface area contributed by atoms with Gasteiger partial charge in [0.15, 0.2) is 11.6 Å². The smallest absolute Gasteiger partial charge is 0.173 e. The van der Waals surface area contributed by atoms with Crippen LogP contribution in [0.25, 0.3) is 0 Å². The van der Waals surface area contributed by atoms with Crippen LogP contribution < -0.4 is 5.32 Å². The van der Waals surface area contributed by atoms with E-state index < -0.39 is 11.6 Å². The van der Waals surface area contributed by atoms with Gasteiger partial charge in [0.05, 0.1) is 4.47 Å². The van der Waals surface area contributed by atoms with Gasteiger partial charge >= 0.3 is 0 Å². The standard InChI is InChI=1S/C13H16BrF2N/c1-3-4-5-6-11(17-2)9-7-8-10(15)13(16)12(9)14/h3,7-8,11,17H,1,4-6H2,2H3. The lowest BCUT2D eigenvalue weighted by Gasteiger charge is -2.18. The molecule has 1 N–H and O–H groups in total. The van der Waals surface area contributed by atoms with E-state index in [4.69, 9.17) is 0 Å². The summed E-state index contributed by atoms with van der Waals surface area (Å²) in [7, 11) is 1.81. The molecule has 0 radical (unpaired) electrons. The Morgan fingerprint density at radius 2 is 2.18 bits per heavy atom. The van der Waals surface area contributed by atoms with Crippen LogP contribution in [0.3, 0.4) is 0 Å². The molecular formula is C13H16BrF2N. The molecule has 0 saturated heterocycles. The van der Waals surface area contributed by atoms with Crippen LogP contribution in [0, 0.1) is 11.6 Å². The molecule has 17 heavy (non-hydrogen) atoms. The summed E-state index contributed by atoms with van der Waals surface area (Å²) in [6, 6.07) is 2.78. The average molecular weight is 304 g/mol. The van der Waals surface area contributed by atoms with Crippen molar-refractivity contribution in [2.24, 2.45) is 0 Å². The van der Waals surface area contributed by atoms with Gasteiger partial charge in [0.25, 0.3) is 0 Å². The minimum atomic E-state index is -0.832. The third-order valence-electron chi connectivity index (χ3n) is 2.69. The molecular weight excluding hydrogens is 288 g/mol. The molecule has 0 aromatic heterocycles. The SMILES string of the molecule is C=CCCCC(NC)c1ccc(F)c(F)c1Br. The molecule has 1 unspecified atom stereocenters. The van der Waals surface area contributed by atoms with E-state index in [0.29, 0.717) is 0 Å². The molecule has 0 saturated carbocycles. The van der Waals surface area contributed by atoms with Crippen molar-refractivity contribution in [3.63, 3.8) is 0 Å². The number of rotatable bonds is 6. The third kappa shape index (κ3) is 3.61. The second kappa shape index (κ2) is 6.87. The van der Waals surface area contributed by atoms with E-state index in [9.17, 15) is 8.78 Å². The summed E-state index contributed by atoms with van der Waals surface area (Å²) < 4.78 is 26.6. The third-order valence-corrected chi connectivity index (χ3v) is 3.50. The van der Waals surface area contributed by atoms with Crippen molar-refractivity contribution in [2.75, 3.05) is 7.05 Å². The van der Waals surface area contributed by atoms with Crippen LogP contribution in [-0.4, -0.2) is 7.05 Å². The molecule has 0 fully saturated rings. The summed E-state index contributed by atoms with van der Waals surface area (Å²) in [5.41, 5.74) is 0.746. The fourth-order valence-corrected chi connectivity index (χ4v) is 2.33. The maximum Gasteiger partial charge on any atom is 0.173 e. The molecule has 1 nitrogen and oxygen atoms in total. The molecule has 1 aromatic rings. The maximum absolute atomic E-state index is 13.4. The predicted molar refractivity (Wildman–Crippen MR) is 69.9 cm³/mol. The van der Waals surface area contributed by atoms with Crippen LogP contribution in [-0.2, 0) is 0 Å². The molecule has 0 heterocycles. The maximum atomic E-state index is 13.4. The number of halogens is 3. The van der Waals surface area contributed by atoms with Crippen molar-refractivity contribution in [3.8, 4) is 0 Å². The van der Waals surface area contributed by atoms with Gasteiger partial charge in [0.2, 0.25) is 0 Å². The van der Waals surface area contributed by atoms with E-state index in [-0.39, 0.29) is 10.5 Å². The normalized spacial score (nSPS) is 12.5. The number of hydrogen-bond acceptors (Lipinski definition) is 1. The van der Waals surface area contributed by atoms with Crippen LogP contribution in [0.15, 0.2) is 29.3 Å². The van der Waals surface area contributed by atoms with E-state index in [1.54, 1.807) is 6.07 Å². The first-order valence-corrected chi connectivity index (χ1v) is 6.32.